The number of benzene rings is 1. The van der Waals surface area contributed by atoms with Crippen LogP contribution in [0.5, 0.6) is 0 Å². The zero-order valence-electron chi connectivity index (χ0n) is 15.3. The van der Waals surface area contributed by atoms with E-state index in [4.69, 9.17) is 4.74 Å². The number of aromatic nitrogens is 2. The van der Waals surface area contributed by atoms with Gasteiger partial charge in [0.05, 0.1) is 18.9 Å². The summed E-state index contributed by atoms with van der Waals surface area (Å²) in [5.74, 6) is 0. The zero-order chi connectivity index (χ0) is 19.7. The first-order valence-electron chi connectivity index (χ1n) is 8.82. The average Bonchev–Trinajstić information content (AvgIpc) is 3.12. The summed E-state index contributed by atoms with van der Waals surface area (Å²) in [4.78, 5) is 19.3. The number of anilines is 1. The van der Waals surface area contributed by atoms with Crippen LogP contribution in [-0.2, 0) is 21.3 Å². The summed E-state index contributed by atoms with van der Waals surface area (Å²) in [6.45, 7) is 5.55. The fourth-order valence-corrected chi connectivity index (χ4v) is 5.24. The molecule has 1 saturated heterocycles. The maximum Gasteiger partial charge on any atom is 0.279 e. The monoisotopic (exact) mass is 420 g/mol. The van der Waals surface area contributed by atoms with Crippen molar-refractivity contribution in [1.82, 2.24) is 14.3 Å². The van der Waals surface area contributed by atoms with Crippen molar-refractivity contribution < 1.29 is 13.2 Å². The van der Waals surface area contributed by atoms with Crippen LogP contribution in [0.2, 0.25) is 0 Å². The molecule has 3 aromatic rings. The number of aryl methyl sites for hydroxylation is 1. The molecule has 10 heteroatoms. The van der Waals surface area contributed by atoms with Gasteiger partial charge in [0.1, 0.15) is 0 Å². The van der Waals surface area contributed by atoms with Crippen molar-refractivity contribution in [2.45, 2.75) is 18.4 Å². The van der Waals surface area contributed by atoms with E-state index in [0.29, 0.717) is 10.6 Å². The highest BCUT2D eigenvalue weighted by Gasteiger charge is 2.24. The van der Waals surface area contributed by atoms with Crippen LogP contribution < -0.4 is 10.3 Å². The van der Waals surface area contributed by atoms with Crippen molar-refractivity contribution in [2.75, 3.05) is 31.0 Å². The third-order valence-electron chi connectivity index (χ3n) is 4.58. The van der Waals surface area contributed by atoms with E-state index >= 15 is 0 Å². The van der Waals surface area contributed by atoms with Gasteiger partial charge in [-0.05, 0) is 24.6 Å². The predicted molar refractivity (Wildman–Crippen MR) is 107 cm³/mol. The van der Waals surface area contributed by atoms with Crippen molar-refractivity contribution in [3.63, 3.8) is 0 Å². The van der Waals surface area contributed by atoms with E-state index < -0.39 is 15.6 Å². The Morgan fingerprint density at radius 3 is 2.64 bits per heavy atom. The molecule has 0 radical (unpaired) electrons. The van der Waals surface area contributed by atoms with Gasteiger partial charge < -0.3 is 4.74 Å². The molecule has 0 spiro atoms. The molecular formula is C18H20N4O4S2. The van der Waals surface area contributed by atoms with Crippen LogP contribution in [0.4, 0.5) is 5.69 Å². The molecule has 0 aliphatic carbocycles. The smallest absolute Gasteiger partial charge is 0.279 e. The highest BCUT2D eigenvalue weighted by atomic mass is 32.2. The van der Waals surface area contributed by atoms with Crippen LogP contribution in [-0.4, -0.2) is 49.0 Å². The Morgan fingerprint density at radius 1 is 1.21 bits per heavy atom. The summed E-state index contributed by atoms with van der Waals surface area (Å²) in [5.41, 5.74) is 1.08. The Balaban J connectivity index is 1.56. The highest BCUT2D eigenvalue weighted by Crippen LogP contribution is 2.19. The summed E-state index contributed by atoms with van der Waals surface area (Å²) < 4.78 is 34.7. The van der Waals surface area contributed by atoms with E-state index in [1.54, 1.807) is 17.5 Å². The molecule has 8 nitrogen and oxygen atoms in total. The van der Waals surface area contributed by atoms with Gasteiger partial charge in [-0.2, -0.15) is 0 Å². The van der Waals surface area contributed by atoms with E-state index in [2.05, 4.69) is 14.6 Å². The lowest BCUT2D eigenvalue weighted by atomic mass is 10.2. The van der Waals surface area contributed by atoms with Gasteiger partial charge in [-0.3, -0.25) is 18.8 Å². The zero-order valence-corrected chi connectivity index (χ0v) is 16.9. The van der Waals surface area contributed by atoms with Gasteiger partial charge in [-0.25, -0.2) is 13.4 Å². The van der Waals surface area contributed by atoms with Gasteiger partial charge in [0.15, 0.2) is 9.86 Å². The lowest BCUT2D eigenvalue weighted by Crippen LogP contribution is -2.35. The molecular weight excluding hydrogens is 400 g/mol. The SMILES string of the molecule is Cc1nc2sccn2c(=O)c1S(=O)(=O)Nc1ccc(CN2CCOCC2)cc1. The summed E-state index contributed by atoms with van der Waals surface area (Å²) in [7, 11) is -4.05. The van der Waals surface area contributed by atoms with E-state index in [0.717, 1.165) is 38.4 Å². The maximum absolute atomic E-state index is 12.8. The number of ether oxygens (including phenoxy) is 1. The van der Waals surface area contributed by atoms with Gasteiger partial charge in [0, 0.05) is 36.9 Å². The minimum Gasteiger partial charge on any atom is -0.379 e. The molecule has 0 amide bonds. The van der Waals surface area contributed by atoms with E-state index in [1.165, 1.54) is 28.9 Å². The number of rotatable bonds is 5. The molecule has 4 rings (SSSR count). The second-order valence-corrected chi connectivity index (χ2v) is 9.07. The molecule has 1 aromatic carbocycles. The molecule has 0 saturated carbocycles. The van der Waals surface area contributed by atoms with Gasteiger partial charge in [0.25, 0.3) is 15.6 Å². The molecule has 1 fully saturated rings. The van der Waals surface area contributed by atoms with Gasteiger partial charge >= 0.3 is 0 Å². The minimum absolute atomic E-state index is 0.184. The summed E-state index contributed by atoms with van der Waals surface area (Å²) in [5, 5.41) is 1.69. The number of thiazole rings is 1. The maximum atomic E-state index is 12.8. The van der Waals surface area contributed by atoms with Crippen LogP contribution in [0, 0.1) is 6.92 Å². The Kier molecular flexibility index (Phi) is 5.19. The van der Waals surface area contributed by atoms with Gasteiger partial charge in [-0.1, -0.05) is 12.1 Å². The van der Waals surface area contributed by atoms with E-state index in [-0.39, 0.29) is 10.6 Å². The normalized spacial score (nSPS) is 15.8. The fraction of sp³-hybridized carbons (Fsp3) is 0.333. The number of sulfonamides is 1. The van der Waals surface area contributed by atoms with Crippen LogP contribution in [0.15, 0.2) is 45.5 Å². The van der Waals surface area contributed by atoms with Gasteiger partial charge in [0.2, 0.25) is 0 Å². The standard InChI is InChI=1S/C18H20N4O4S2/c1-13-16(17(23)22-8-11-27-18(22)19-13)28(24,25)20-15-4-2-14(3-5-15)12-21-6-9-26-10-7-21/h2-5,8,11,20H,6-7,9-10,12H2,1H3. The first-order valence-corrected chi connectivity index (χ1v) is 11.2. The van der Waals surface area contributed by atoms with Crippen LogP contribution in [0.25, 0.3) is 4.96 Å². The Hall–Kier alpha value is -2.27. The quantitative estimate of drug-likeness (QED) is 0.675. The molecule has 0 atom stereocenters. The Labute approximate surface area is 166 Å². The summed E-state index contributed by atoms with van der Waals surface area (Å²) in [6.07, 6.45) is 1.52. The molecule has 2 aromatic heterocycles. The van der Waals surface area contributed by atoms with Crippen molar-refractivity contribution in [2.24, 2.45) is 0 Å². The Bertz CT molecular complexity index is 1150. The van der Waals surface area contributed by atoms with E-state index in [1.807, 2.05) is 12.1 Å². The minimum atomic E-state index is -4.05. The number of fused-ring (bicyclic) bond motifs is 1. The van der Waals surface area contributed by atoms with Crippen molar-refractivity contribution in [3.8, 4) is 0 Å². The number of morpholine rings is 1. The van der Waals surface area contributed by atoms with Crippen molar-refractivity contribution in [3.05, 3.63) is 57.5 Å². The number of nitrogens with zero attached hydrogens (tertiary/aromatic N) is 3. The van der Waals surface area contributed by atoms with Crippen LogP contribution >= 0.6 is 11.3 Å². The molecule has 148 valence electrons. The second kappa shape index (κ2) is 7.63. The largest absolute Gasteiger partial charge is 0.379 e. The molecule has 1 aliphatic rings. The van der Waals surface area contributed by atoms with Crippen LogP contribution in [0.3, 0.4) is 0 Å². The molecule has 0 bridgehead atoms. The summed E-state index contributed by atoms with van der Waals surface area (Å²) in [6, 6.07) is 7.17. The van der Waals surface area contributed by atoms with Crippen molar-refractivity contribution in [1.29, 1.82) is 0 Å². The fourth-order valence-electron chi connectivity index (χ4n) is 3.18. The summed E-state index contributed by atoms with van der Waals surface area (Å²) >= 11 is 1.28. The molecule has 28 heavy (non-hydrogen) atoms. The second-order valence-electron chi connectivity index (χ2n) is 6.58. The lowest BCUT2D eigenvalue weighted by molar-refractivity contribution is 0.0342. The molecule has 0 unspecified atom stereocenters. The highest BCUT2D eigenvalue weighted by molar-refractivity contribution is 7.92. The molecule has 3 heterocycles. The number of nitrogens with one attached hydrogen (secondary N) is 1. The third-order valence-corrected chi connectivity index (χ3v) is 6.85. The van der Waals surface area contributed by atoms with Crippen molar-refractivity contribution >= 4 is 32.0 Å². The number of hydrogen-bond donors (Lipinski definition) is 1. The number of hydrogen-bond acceptors (Lipinski definition) is 7. The van der Waals surface area contributed by atoms with E-state index in [9.17, 15) is 13.2 Å². The predicted octanol–water partition coefficient (Wildman–Crippen LogP) is 1.70. The first kappa shape index (κ1) is 19.1. The average molecular weight is 421 g/mol. The lowest BCUT2D eigenvalue weighted by Gasteiger charge is -2.26. The molecule has 1 N–H and O–H groups in total. The Morgan fingerprint density at radius 2 is 1.93 bits per heavy atom. The van der Waals surface area contributed by atoms with Gasteiger partial charge in [-0.15, -0.1) is 11.3 Å². The first-order chi connectivity index (χ1) is 13.4. The topological polar surface area (TPSA) is 93.0 Å². The molecule has 1 aliphatic heterocycles. The van der Waals surface area contributed by atoms with Crippen LogP contribution in [0.1, 0.15) is 11.3 Å². The third kappa shape index (κ3) is 3.81.